The van der Waals surface area contributed by atoms with Crippen LogP contribution < -0.4 is 9.80 Å². The van der Waals surface area contributed by atoms with Crippen molar-refractivity contribution in [3.05, 3.63) is 307 Å². The Morgan fingerprint density at radius 3 is 2.01 bits per heavy atom. The maximum absolute atomic E-state index is 7.19. The molecule has 1 saturated carbocycles. The lowest BCUT2D eigenvalue weighted by molar-refractivity contribution is 0.669. The van der Waals surface area contributed by atoms with Gasteiger partial charge in [0.15, 0.2) is 0 Å². The van der Waals surface area contributed by atoms with Crippen molar-refractivity contribution in [2.24, 2.45) is 5.92 Å². The molecule has 1 aliphatic heterocycles. The minimum Gasteiger partial charge on any atom is -0.456 e. The number of hydrogen-bond acceptors (Lipinski definition) is 3. The number of hydrogen-bond donors (Lipinski definition) is 0. The van der Waals surface area contributed by atoms with Crippen molar-refractivity contribution in [3.63, 3.8) is 0 Å². The molecule has 77 heavy (non-hydrogen) atoms. The standard InChI is InChI=1S/C74H52N2O/c1-2-49-22-19-24-52(40-49)54-38-39-74-68(47-54)73(74)67-45-53(34-37-69(67)76(74)59-29-13-6-14-30-59)56(41-50-20-7-3-8-21-50)42-51-43-66(65-46-55-23-15-16-31-61(55)62-32-17-18-33-63(62)65)72-64-36-35-60(48-70(64)77-71(72)44-51)75(57-25-9-4-10-26-57)58-27-11-5-12-28-58/h2-40,42-48,68,73H,1,41H2/b56-42-/t68?,73?,74-/m0/s1. The highest BCUT2D eigenvalue weighted by atomic mass is 16.3. The van der Waals surface area contributed by atoms with Crippen LogP contribution in [0.1, 0.15) is 39.3 Å². The maximum Gasteiger partial charge on any atom is 0.137 e. The third kappa shape index (κ3) is 7.41. The van der Waals surface area contributed by atoms with Crippen LogP contribution in [0.2, 0.25) is 0 Å². The fraction of sp³-hybridized carbons (Fsp3) is 0.0541. The summed E-state index contributed by atoms with van der Waals surface area (Å²) in [6, 6.07) is 90.5. The Labute approximate surface area is 448 Å². The number of rotatable bonds is 11. The minimum atomic E-state index is -0.173. The van der Waals surface area contributed by atoms with Gasteiger partial charge in [-0.25, -0.2) is 0 Å². The van der Waals surface area contributed by atoms with E-state index in [-0.39, 0.29) is 5.54 Å². The van der Waals surface area contributed by atoms with Crippen molar-refractivity contribution in [2.75, 3.05) is 9.80 Å². The Bertz CT molecular complexity index is 4360. The van der Waals surface area contributed by atoms with E-state index < -0.39 is 0 Å². The normalized spacial score (nSPS) is 17.3. The monoisotopic (exact) mass is 984 g/mol. The number of furan rings is 1. The summed E-state index contributed by atoms with van der Waals surface area (Å²) in [5, 5.41) is 7.09. The van der Waals surface area contributed by atoms with Crippen molar-refractivity contribution in [2.45, 2.75) is 17.9 Å². The lowest BCUT2D eigenvalue weighted by Crippen LogP contribution is -2.32. The minimum absolute atomic E-state index is 0.173. The molecule has 0 saturated heterocycles. The summed E-state index contributed by atoms with van der Waals surface area (Å²) in [5.41, 5.74) is 19.4. The Balaban J connectivity index is 0.924. The second-order valence-corrected chi connectivity index (χ2v) is 20.9. The molecule has 12 aromatic rings. The number of fused-ring (bicyclic) bond motifs is 9. The van der Waals surface area contributed by atoms with Gasteiger partial charge in [-0.05, 0) is 169 Å². The molecule has 3 heteroatoms. The van der Waals surface area contributed by atoms with Crippen LogP contribution in [0.15, 0.2) is 278 Å². The molecule has 1 spiro atoms. The lowest BCUT2D eigenvalue weighted by atomic mass is 9.89. The number of para-hydroxylation sites is 3. The summed E-state index contributed by atoms with van der Waals surface area (Å²) in [5.74, 6) is 0.624. The van der Waals surface area contributed by atoms with Crippen molar-refractivity contribution >= 4 is 95.2 Å². The van der Waals surface area contributed by atoms with Crippen molar-refractivity contribution in [1.29, 1.82) is 0 Å². The molecule has 11 aromatic carbocycles. The summed E-state index contributed by atoms with van der Waals surface area (Å²) in [4.78, 5) is 4.92. The summed E-state index contributed by atoms with van der Waals surface area (Å²) < 4.78 is 7.19. The molecule has 1 fully saturated rings. The smallest absolute Gasteiger partial charge is 0.137 e. The molecule has 364 valence electrons. The van der Waals surface area contributed by atoms with Gasteiger partial charge in [-0.3, -0.25) is 0 Å². The largest absolute Gasteiger partial charge is 0.456 e. The Morgan fingerprint density at radius 2 is 1.25 bits per heavy atom. The first kappa shape index (κ1) is 44.8. The molecule has 0 N–H and O–H groups in total. The average molecular weight is 985 g/mol. The van der Waals surface area contributed by atoms with Crippen LogP contribution in [0, 0.1) is 5.92 Å². The molecule has 0 bridgehead atoms. The lowest BCUT2D eigenvalue weighted by Gasteiger charge is -2.32. The van der Waals surface area contributed by atoms with E-state index in [0.717, 1.165) is 62.1 Å². The third-order valence-corrected chi connectivity index (χ3v) is 16.5. The van der Waals surface area contributed by atoms with Gasteiger partial charge in [0.05, 0.1) is 5.54 Å². The molecular weight excluding hydrogens is 933 g/mol. The number of allylic oxidation sites excluding steroid dienone is 3. The quantitative estimate of drug-likeness (QED) is 0.0951. The molecule has 2 aliphatic carbocycles. The number of nitrogens with zero attached hydrogens (tertiary/aromatic N) is 2. The van der Waals surface area contributed by atoms with Crippen LogP contribution in [0.3, 0.4) is 0 Å². The van der Waals surface area contributed by atoms with Gasteiger partial charge in [-0.1, -0.05) is 195 Å². The first-order valence-corrected chi connectivity index (χ1v) is 26.8. The first-order valence-electron chi connectivity index (χ1n) is 26.8. The molecule has 3 atom stereocenters. The molecule has 2 unspecified atom stereocenters. The van der Waals surface area contributed by atoms with Crippen LogP contribution in [0.5, 0.6) is 0 Å². The van der Waals surface area contributed by atoms with E-state index in [0.29, 0.717) is 11.8 Å². The van der Waals surface area contributed by atoms with Gasteiger partial charge in [0, 0.05) is 57.1 Å². The van der Waals surface area contributed by atoms with Crippen LogP contribution in [-0.2, 0) is 6.42 Å². The van der Waals surface area contributed by atoms with Crippen molar-refractivity contribution in [1.82, 2.24) is 0 Å². The van der Waals surface area contributed by atoms with E-state index in [1.165, 1.54) is 71.9 Å². The Morgan fingerprint density at radius 1 is 0.545 bits per heavy atom. The van der Waals surface area contributed by atoms with Gasteiger partial charge in [0.1, 0.15) is 11.2 Å². The zero-order valence-electron chi connectivity index (χ0n) is 42.4. The fourth-order valence-corrected chi connectivity index (χ4v) is 13.0. The van der Waals surface area contributed by atoms with E-state index in [4.69, 9.17) is 4.42 Å². The Kier molecular flexibility index (Phi) is 10.5. The van der Waals surface area contributed by atoms with Gasteiger partial charge in [-0.15, -0.1) is 0 Å². The van der Waals surface area contributed by atoms with E-state index >= 15 is 0 Å². The predicted octanol–water partition coefficient (Wildman–Crippen LogP) is 19.7. The maximum atomic E-state index is 7.19. The molecule has 1 aromatic heterocycles. The predicted molar refractivity (Wildman–Crippen MR) is 325 cm³/mol. The average Bonchev–Trinajstić information content (AvgIpc) is 4.01. The van der Waals surface area contributed by atoms with Gasteiger partial charge in [0.25, 0.3) is 0 Å². The molecular formula is C74H52N2O. The van der Waals surface area contributed by atoms with E-state index in [1.54, 1.807) is 0 Å². The molecule has 0 amide bonds. The molecule has 15 rings (SSSR count). The van der Waals surface area contributed by atoms with Crippen molar-refractivity contribution in [3.8, 4) is 11.1 Å². The summed E-state index contributed by atoms with van der Waals surface area (Å²) in [6.07, 6.45) is 12.5. The summed E-state index contributed by atoms with van der Waals surface area (Å²) in [6.45, 7) is 4.06. The first-order chi connectivity index (χ1) is 38.1. The Hall–Kier alpha value is -9.70. The van der Waals surface area contributed by atoms with Gasteiger partial charge in [-0.2, -0.15) is 0 Å². The van der Waals surface area contributed by atoms with Crippen molar-refractivity contribution < 1.29 is 4.42 Å². The van der Waals surface area contributed by atoms with Gasteiger partial charge < -0.3 is 14.2 Å². The SMILES string of the molecule is C=Cc1cccc(C2=CC3C4c5cc(/C(=C\c6cc(-c7cc8ccccc8c8ccccc78)c7c(c6)oc6cc(N(c8ccccc8)c8ccccc8)ccc67)Cc6ccccc6)ccc5N(c5ccccc5)[C@@]34C=C2)c1. The molecule has 0 radical (unpaired) electrons. The summed E-state index contributed by atoms with van der Waals surface area (Å²) in [7, 11) is 0. The number of anilines is 5. The fourth-order valence-electron chi connectivity index (χ4n) is 13.0. The second-order valence-electron chi connectivity index (χ2n) is 20.9. The van der Waals surface area contributed by atoms with Crippen LogP contribution in [0.4, 0.5) is 28.4 Å². The third-order valence-electron chi connectivity index (χ3n) is 16.5. The zero-order chi connectivity index (χ0) is 51.0. The van der Waals surface area contributed by atoms with E-state index in [2.05, 4.69) is 289 Å². The second kappa shape index (κ2) is 18.0. The zero-order valence-corrected chi connectivity index (χ0v) is 42.4. The van der Waals surface area contributed by atoms with Gasteiger partial charge in [0.2, 0.25) is 0 Å². The van der Waals surface area contributed by atoms with Crippen LogP contribution in [0.25, 0.3) is 77.9 Å². The number of benzene rings is 11. The van der Waals surface area contributed by atoms with E-state index in [1.807, 2.05) is 6.08 Å². The van der Waals surface area contributed by atoms with E-state index in [9.17, 15) is 0 Å². The molecule has 3 nitrogen and oxygen atoms in total. The molecule has 3 aliphatic rings. The van der Waals surface area contributed by atoms with Crippen LogP contribution >= 0.6 is 0 Å². The highest BCUT2D eigenvalue weighted by Crippen LogP contribution is 2.73. The topological polar surface area (TPSA) is 19.6 Å². The summed E-state index contributed by atoms with van der Waals surface area (Å²) >= 11 is 0. The molecule has 2 heterocycles. The van der Waals surface area contributed by atoms with Crippen LogP contribution in [-0.4, -0.2) is 5.54 Å². The highest BCUT2D eigenvalue weighted by Gasteiger charge is 2.71. The highest BCUT2D eigenvalue weighted by molar-refractivity contribution is 6.20. The van der Waals surface area contributed by atoms with Gasteiger partial charge >= 0.3 is 0 Å².